The Hall–Kier alpha value is -2.08. The smallest absolute Gasteiger partial charge is 0.408 e. The lowest BCUT2D eigenvalue weighted by Crippen LogP contribution is -2.60. The summed E-state index contributed by atoms with van der Waals surface area (Å²) in [6.45, 7) is 7.25. The number of benzene rings is 1. The van der Waals surface area contributed by atoms with E-state index >= 15 is 0 Å². The van der Waals surface area contributed by atoms with Crippen molar-refractivity contribution in [2.45, 2.75) is 51.3 Å². The topological polar surface area (TPSA) is 78.9 Å². The number of carbonyl (C=O) groups is 2. The minimum atomic E-state index is -1.25. The van der Waals surface area contributed by atoms with E-state index in [4.69, 9.17) is 4.74 Å². The fourth-order valence-electron chi connectivity index (χ4n) is 2.83. The molecule has 6 nitrogen and oxygen atoms in total. The van der Waals surface area contributed by atoms with Gasteiger partial charge < -0.3 is 15.2 Å². The van der Waals surface area contributed by atoms with Crippen molar-refractivity contribution < 1.29 is 19.4 Å². The molecule has 1 aliphatic heterocycles. The molecule has 6 heteroatoms. The van der Waals surface area contributed by atoms with E-state index in [0.717, 1.165) is 6.54 Å². The summed E-state index contributed by atoms with van der Waals surface area (Å²) in [5.41, 5.74) is -0.715. The molecule has 0 unspecified atom stereocenters. The molecule has 1 amide bonds. The minimum Gasteiger partial charge on any atom is -0.480 e. The summed E-state index contributed by atoms with van der Waals surface area (Å²) in [4.78, 5) is 26.0. The highest BCUT2D eigenvalue weighted by Crippen LogP contribution is 2.25. The summed E-state index contributed by atoms with van der Waals surface area (Å²) >= 11 is 0. The molecule has 0 radical (unpaired) electrons. The van der Waals surface area contributed by atoms with Gasteiger partial charge in [0, 0.05) is 19.6 Å². The van der Waals surface area contributed by atoms with Gasteiger partial charge in [-0.3, -0.25) is 4.90 Å². The van der Waals surface area contributed by atoms with Crippen molar-refractivity contribution in [3.63, 3.8) is 0 Å². The van der Waals surface area contributed by atoms with E-state index < -0.39 is 23.2 Å². The number of amides is 1. The van der Waals surface area contributed by atoms with Gasteiger partial charge in [-0.15, -0.1) is 0 Å². The SMILES string of the molecule is CC(C)(C)OC(=O)NC1(C(=O)O)CCN(Cc2ccccc2)CC1. The van der Waals surface area contributed by atoms with Gasteiger partial charge in [-0.05, 0) is 39.2 Å². The van der Waals surface area contributed by atoms with Crippen LogP contribution in [0, 0.1) is 0 Å². The Labute approximate surface area is 142 Å². The maximum absolute atomic E-state index is 12.0. The van der Waals surface area contributed by atoms with Crippen LogP contribution >= 0.6 is 0 Å². The molecule has 2 rings (SSSR count). The van der Waals surface area contributed by atoms with Crippen molar-refractivity contribution in [2.24, 2.45) is 0 Å². The number of ether oxygens (including phenoxy) is 1. The van der Waals surface area contributed by atoms with Gasteiger partial charge in [0.1, 0.15) is 11.1 Å². The first-order chi connectivity index (χ1) is 11.2. The van der Waals surface area contributed by atoms with Crippen molar-refractivity contribution in [1.29, 1.82) is 0 Å². The molecule has 0 aromatic heterocycles. The number of hydrogen-bond acceptors (Lipinski definition) is 4. The van der Waals surface area contributed by atoms with Crippen LogP contribution in [0.4, 0.5) is 4.79 Å². The van der Waals surface area contributed by atoms with E-state index in [1.807, 2.05) is 18.2 Å². The average molecular weight is 334 g/mol. The molecule has 1 heterocycles. The fourth-order valence-corrected chi connectivity index (χ4v) is 2.83. The van der Waals surface area contributed by atoms with E-state index in [1.165, 1.54) is 5.56 Å². The number of carboxylic acid groups (broad SMARTS) is 1. The fraction of sp³-hybridized carbons (Fsp3) is 0.556. The molecule has 132 valence electrons. The van der Waals surface area contributed by atoms with Crippen LogP contribution in [0.5, 0.6) is 0 Å². The normalized spacial score (nSPS) is 18.0. The van der Waals surface area contributed by atoms with Gasteiger partial charge >= 0.3 is 12.1 Å². The van der Waals surface area contributed by atoms with Crippen molar-refractivity contribution in [1.82, 2.24) is 10.2 Å². The number of aliphatic carboxylic acids is 1. The molecule has 1 saturated heterocycles. The Morgan fingerprint density at radius 2 is 1.79 bits per heavy atom. The lowest BCUT2D eigenvalue weighted by Gasteiger charge is -2.39. The minimum absolute atomic E-state index is 0.356. The quantitative estimate of drug-likeness (QED) is 0.885. The van der Waals surface area contributed by atoms with E-state index in [0.29, 0.717) is 25.9 Å². The highest BCUT2D eigenvalue weighted by molar-refractivity contribution is 5.84. The second-order valence-electron chi connectivity index (χ2n) is 7.28. The standard InChI is InChI=1S/C18H26N2O4/c1-17(2,3)24-16(23)19-18(15(21)22)9-11-20(12-10-18)13-14-7-5-4-6-8-14/h4-8H,9-13H2,1-3H3,(H,19,23)(H,21,22). The van der Waals surface area contributed by atoms with Gasteiger partial charge in [-0.1, -0.05) is 30.3 Å². The third-order valence-electron chi connectivity index (χ3n) is 4.11. The Kier molecular flexibility index (Phi) is 5.49. The second-order valence-corrected chi connectivity index (χ2v) is 7.28. The molecule has 0 saturated carbocycles. The average Bonchev–Trinajstić information content (AvgIpc) is 2.48. The maximum Gasteiger partial charge on any atom is 0.408 e. The van der Waals surface area contributed by atoms with Gasteiger partial charge in [-0.2, -0.15) is 0 Å². The second kappa shape index (κ2) is 7.21. The number of rotatable bonds is 4. The Morgan fingerprint density at radius 1 is 1.21 bits per heavy atom. The molecular formula is C18H26N2O4. The van der Waals surface area contributed by atoms with E-state index in [1.54, 1.807) is 20.8 Å². The molecule has 1 fully saturated rings. The summed E-state index contributed by atoms with van der Waals surface area (Å²) in [7, 11) is 0. The molecular weight excluding hydrogens is 308 g/mol. The Morgan fingerprint density at radius 3 is 2.29 bits per heavy atom. The van der Waals surface area contributed by atoms with Gasteiger partial charge in [0.15, 0.2) is 0 Å². The van der Waals surface area contributed by atoms with E-state index in [9.17, 15) is 14.7 Å². The summed E-state index contributed by atoms with van der Waals surface area (Å²) in [5, 5.41) is 12.2. The van der Waals surface area contributed by atoms with Crippen molar-refractivity contribution >= 4 is 12.1 Å². The summed E-state index contributed by atoms with van der Waals surface area (Å²) in [6, 6.07) is 10.1. The summed E-state index contributed by atoms with van der Waals surface area (Å²) in [5.74, 6) is -1.01. The molecule has 0 spiro atoms. The molecule has 1 aliphatic rings. The van der Waals surface area contributed by atoms with Crippen LogP contribution in [0.25, 0.3) is 0 Å². The Bertz CT molecular complexity index is 572. The molecule has 1 aromatic rings. The zero-order valence-electron chi connectivity index (χ0n) is 14.5. The third-order valence-corrected chi connectivity index (χ3v) is 4.11. The van der Waals surface area contributed by atoms with Crippen molar-refractivity contribution in [2.75, 3.05) is 13.1 Å². The molecule has 24 heavy (non-hydrogen) atoms. The number of nitrogens with one attached hydrogen (secondary N) is 1. The van der Waals surface area contributed by atoms with Crippen molar-refractivity contribution in [3.8, 4) is 0 Å². The number of alkyl carbamates (subject to hydrolysis) is 1. The Balaban J connectivity index is 1.96. The first-order valence-electron chi connectivity index (χ1n) is 8.21. The highest BCUT2D eigenvalue weighted by Gasteiger charge is 2.43. The number of carboxylic acids is 1. The molecule has 1 aromatic carbocycles. The number of hydrogen-bond donors (Lipinski definition) is 2. The van der Waals surface area contributed by atoms with Crippen molar-refractivity contribution in [3.05, 3.63) is 35.9 Å². The maximum atomic E-state index is 12.0. The lowest BCUT2D eigenvalue weighted by molar-refractivity contribution is -0.147. The monoisotopic (exact) mass is 334 g/mol. The largest absolute Gasteiger partial charge is 0.480 e. The lowest BCUT2D eigenvalue weighted by atomic mass is 9.87. The number of piperidine rings is 1. The summed E-state index contributed by atoms with van der Waals surface area (Å²) < 4.78 is 5.21. The van der Waals surface area contributed by atoms with Crippen LogP contribution in [0.2, 0.25) is 0 Å². The van der Waals surface area contributed by atoms with Gasteiger partial charge in [-0.25, -0.2) is 9.59 Å². The van der Waals surface area contributed by atoms with Crippen LogP contribution in [0.15, 0.2) is 30.3 Å². The number of carbonyl (C=O) groups excluding carboxylic acids is 1. The highest BCUT2D eigenvalue weighted by atomic mass is 16.6. The number of nitrogens with zero attached hydrogens (tertiary/aromatic N) is 1. The predicted octanol–water partition coefficient (Wildman–Crippen LogP) is 2.63. The molecule has 2 N–H and O–H groups in total. The van der Waals surface area contributed by atoms with Crippen LogP contribution in [-0.4, -0.2) is 46.3 Å². The third kappa shape index (κ3) is 4.96. The zero-order valence-corrected chi connectivity index (χ0v) is 14.5. The van der Waals surface area contributed by atoms with Gasteiger partial charge in [0.2, 0.25) is 0 Å². The van der Waals surface area contributed by atoms with Crippen LogP contribution < -0.4 is 5.32 Å². The summed E-state index contributed by atoms with van der Waals surface area (Å²) in [6.07, 6.45) is 0.0319. The first kappa shape index (κ1) is 18.3. The van der Waals surface area contributed by atoms with Gasteiger partial charge in [0.05, 0.1) is 0 Å². The van der Waals surface area contributed by atoms with E-state index in [2.05, 4.69) is 22.3 Å². The first-order valence-corrected chi connectivity index (χ1v) is 8.21. The molecule has 0 aliphatic carbocycles. The van der Waals surface area contributed by atoms with E-state index in [-0.39, 0.29) is 0 Å². The number of likely N-dealkylation sites (tertiary alicyclic amines) is 1. The predicted molar refractivity (Wildman–Crippen MR) is 90.7 cm³/mol. The van der Waals surface area contributed by atoms with Gasteiger partial charge in [0.25, 0.3) is 0 Å². The molecule has 0 bridgehead atoms. The van der Waals surface area contributed by atoms with Crippen LogP contribution in [0.1, 0.15) is 39.2 Å². The van der Waals surface area contributed by atoms with Crippen LogP contribution in [-0.2, 0) is 16.1 Å². The van der Waals surface area contributed by atoms with Crippen LogP contribution in [0.3, 0.4) is 0 Å². The molecule has 0 atom stereocenters. The zero-order chi connectivity index (χ0) is 17.8.